The Morgan fingerprint density at radius 3 is 2.16 bits per heavy atom. The van der Waals surface area contributed by atoms with Gasteiger partial charge in [-0.2, -0.15) is 0 Å². The summed E-state index contributed by atoms with van der Waals surface area (Å²) in [6, 6.07) is 3.03. The molecule has 0 aliphatic rings. The fourth-order valence-corrected chi connectivity index (χ4v) is 2.33. The van der Waals surface area contributed by atoms with E-state index in [1.807, 2.05) is 32.1 Å². The second-order valence-corrected chi connectivity index (χ2v) is 6.10. The molecule has 0 aliphatic heterocycles. The van der Waals surface area contributed by atoms with Gasteiger partial charge >= 0.3 is 11.9 Å². The van der Waals surface area contributed by atoms with E-state index in [2.05, 4.69) is 0 Å². The van der Waals surface area contributed by atoms with E-state index < -0.39 is 24.6 Å². The lowest BCUT2D eigenvalue weighted by atomic mass is 10.1. The zero-order chi connectivity index (χ0) is 23.2. The SMILES string of the molecule is C\C=C/C(/C=C\C(=O)OC(CO)COC(=O)/C=C/c1cc(OC)c(O)c(OC)c1)=C\C. The smallest absolute Gasteiger partial charge is 0.331 e. The summed E-state index contributed by atoms with van der Waals surface area (Å²) in [7, 11) is 2.78. The van der Waals surface area contributed by atoms with Crippen molar-refractivity contribution in [1.29, 1.82) is 0 Å². The van der Waals surface area contributed by atoms with Crippen LogP contribution in [0.5, 0.6) is 17.2 Å². The quantitative estimate of drug-likeness (QED) is 0.312. The van der Waals surface area contributed by atoms with Crippen LogP contribution in [0, 0.1) is 0 Å². The molecule has 1 atom stereocenters. The molecule has 0 saturated carbocycles. The van der Waals surface area contributed by atoms with Crippen molar-refractivity contribution in [2.24, 2.45) is 0 Å². The maximum absolute atomic E-state index is 12.0. The third kappa shape index (κ3) is 8.79. The number of benzene rings is 1. The van der Waals surface area contributed by atoms with E-state index >= 15 is 0 Å². The van der Waals surface area contributed by atoms with Gasteiger partial charge in [0.25, 0.3) is 0 Å². The minimum atomic E-state index is -1.00. The lowest BCUT2D eigenvalue weighted by Gasteiger charge is -2.14. The molecule has 0 aromatic heterocycles. The number of carbonyl (C=O) groups is 2. The summed E-state index contributed by atoms with van der Waals surface area (Å²) in [5.41, 5.74) is 1.35. The van der Waals surface area contributed by atoms with Crippen LogP contribution in [-0.2, 0) is 19.1 Å². The maximum Gasteiger partial charge on any atom is 0.331 e. The predicted molar refractivity (Wildman–Crippen MR) is 116 cm³/mol. The van der Waals surface area contributed by atoms with Gasteiger partial charge in [-0.15, -0.1) is 0 Å². The zero-order valence-electron chi connectivity index (χ0n) is 18.0. The molecule has 31 heavy (non-hydrogen) atoms. The maximum atomic E-state index is 12.0. The molecule has 168 valence electrons. The molecule has 0 saturated heterocycles. The van der Waals surface area contributed by atoms with Gasteiger partial charge in [0.2, 0.25) is 5.75 Å². The Morgan fingerprint density at radius 2 is 1.65 bits per heavy atom. The van der Waals surface area contributed by atoms with Crippen LogP contribution in [-0.4, -0.2) is 55.7 Å². The number of carbonyl (C=O) groups excluding carboxylic acids is 2. The third-order valence-electron chi connectivity index (χ3n) is 3.92. The van der Waals surface area contributed by atoms with Crippen LogP contribution in [0.1, 0.15) is 19.4 Å². The van der Waals surface area contributed by atoms with Gasteiger partial charge in [0.15, 0.2) is 17.6 Å². The first-order valence-corrected chi connectivity index (χ1v) is 9.46. The normalized spacial score (nSPS) is 13.0. The number of hydrogen-bond donors (Lipinski definition) is 2. The molecule has 1 unspecified atom stereocenters. The van der Waals surface area contributed by atoms with Gasteiger partial charge < -0.3 is 29.2 Å². The van der Waals surface area contributed by atoms with Crippen LogP contribution in [0.25, 0.3) is 6.08 Å². The lowest BCUT2D eigenvalue weighted by molar-refractivity contribution is -0.154. The number of aromatic hydroxyl groups is 1. The molecular weight excluding hydrogens is 404 g/mol. The van der Waals surface area contributed by atoms with E-state index in [0.717, 1.165) is 11.6 Å². The number of aliphatic hydroxyl groups is 1. The fourth-order valence-electron chi connectivity index (χ4n) is 2.33. The van der Waals surface area contributed by atoms with Crippen molar-refractivity contribution in [2.45, 2.75) is 20.0 Å². The zero-order valence-corrected chi connectivity index (χ0v) is 18.0. The molecule has 0 spiro atoms. The van der Waals surface area contributed by atoms with Crippen molar-refractivity contribution in [3.63, 3.8) is 0 Å². The Kier molecular flexibility index (Phi) is 11.2. The summed E-state index contributed by atoms with van der Waals surface area (Å²) in [5.74, 6) is -1.16. The highest BCUT2D eigenvalue weighted by Crippen LogP contribution is 2.37. The minimum Gasteiger partial charge on any atom is -0.502 e. The van der Waals surface area contributed by atoms with Crippen molar-refractivity contribution in [3.8, 4) is 17.2 Å². The molecule has 0 amide bonds. The molecular formula is C23H28O8. The van der Waals surface area contributed by atoms with Gasteiger partial charge in [0.05, 0.1) is 20.8 Å². The standard InChI is InChI=1S/C23H28O8/c1-5-7-16(6-2)8-11-22(26)31-18(14-24)15-30-21(25)10-9-17-12-19(28-3)23(27)20(13-17)29-4/h5-13,18,24,27H,14-15H2,1-4H3/b7-5-,10-9+,11-8-,16-6+. The van der Waals surface area contributed by atoms with Gasteiger partial charge in [-0.3, -0.25) is 0 Å². The number of rotatable bonds is 11. The number of aliphatic hydroxyl groups excluding tert-OH is 1. The number of allylic oxidation sites excluding steroid dienone is 5. The highest BCUT2D eigenvalue weighted by Gasteiger charge is 2.14. The molecule has 1 aromatic rings. The second kappa shape index (κ2) is 13.7. The lowest BCUT2D eigenvalue weighted by Crippen LogP contribution is -2.27. The molecule has 8 heteroatoms. The van der Waals surface area contributed by atoms with E-state index in [-0.39, 0.29) is 23.9 Å². The average Bonchev–Trinajstić information content (AvgIpc) is 2.78. The second-order valence-electron chi connectivity index (χ2n) is 6.10. The van der Waals surface area contributed by atoms with Gasteiger partial charge in [-0.1, -0.05) is 18.2 Å². The van der Waals surface area contributed by atoms with Crippen LogP contribution in [0.4, 0.5) is 0 Å². The van der Waals surface area contributed by atoms with Crippen LogP contribution in [0.15, 0.2) is 54.2 Å². The fraction of sp³-hybridized carbons (Fsp3) is 0.304. The number of phenols is 1. The van der Waals surface area contributed by atoms with Gasteiger partial charge in [-0.05, 0) is 49.3 Å². The minimum absolute atomic E-state index is 0.154. The van der Waals surface area contributed by atoms with Gasteiger partial charge in [0.1, 0.15) is 6.61 Å². The van der Waals surface area contributed by atoms with Crippen molar-refractivity contribution in [1.82, 2.24) is 0 Å². The highest BCUT2D eigenvalue weighted by atomic mass is 16.6. The first-order valence-electron chi connectivity index (χ1n) is 9.46. The van der Waals surface area contributed by atoms with Crippen LogP contribution >= 0.6 is 0 Å². The first-order chi connectivity index (χ1) is 14.9. The van der Waals surface area contributed by atoms with Crippen LogP contribution in [0.2, 0.25) is 0 Å². The van der Waals surface area contributed by atoms with E-state index in [9.17, 15) is 19.8 Å². The molecule has 2 N–H and O–H groups in total. The predicted octanol–water partition coefficient (Wildman–Crippen LogP) is 2.95. The van der Waals surface area contributed by atoms with E-state index in [1.165, 1.54) is 38.5 Å². The third-order valence-corrected chi connectivity index (χ3v) is 3.92. The number of methoxy groups -OCH3 is 2. The largest absolute Gasteiger partial charge is 0.502 e. The Balaban J connectivity index is 2.66. The summed E-state index contributed by atoms with van der Waals surface area (Å²) in [5, 5.41) is 19.3. The Bertz CT molecular complexity index is 839. The number of hydrogen-bond acceptors (Lipinski definition) is 8. The number of phenolic OH excluding ortho intramolecular Hbond substituents is 1. The summed E-state index contributed by atoms with van der Waals surface area (Å²) in [6.07, 6.45) is 9.86. The van der Waals surface area contributed by atoms with E-state index in [1.54, 1.807) is 6.08 Å². The van der Waals surface area contributed by atoms with Gasteiger partial charge in [-0.25, -0.2) is 9.59 Å². The Morgan fingerprint density at radius 1 is 1.00 bits per heavy atom. The van der Waals surface area contributed by atoms with E-state index in [4.69, 9.17) is 18.9 Å². The van der Waals surface area contributed by atoms with E-state index in [0.29, 0.717) is 5.56 Å². The molecule has 1 aromatic carbocycles. The van der Waals surface area contributed by atoms with Crippen LogP contribution in [0.3, 0.4) is 0 Å². The Labute approximate surface area is 181 Å². The van der Waals surface area contributed by atoms with Crippen molar-refractivity contribution < 1.29 is 38.7 Å². The molecule has 0 fully saturated rings. The molecule has 0 heterocycles. The molecule has 8 nitrogen and oxygen atoms in total. The summed E-state index contributed by atoms with van der Waals surface area (Å²) >= 11 is 0. The molecule has 0 bridgehead atoms. The molecule has 1 rings (SSSR count). The monoisotopic (exact) mass is 432 g/mol. The Hall–Kier alpha value is -3.52. The van der Waals surface area contributed by atoms with Crippen LogP contribution < -0.4 is 9.47 Å². The van der Waals surface area contributed by atoms with Gasteiger partial charge in [0, 0.05) is 12.2 Å². The topological polar surface area (TPSA) is 112 Å². The van der Waals surface area contributed by atoms with Crippen molar-refractivity contribution >= 4 is 18.0 Å². The molecule has 0 aliphatic carbocycles. The average molecular weight is 432 g/mol. The van der Waals surface area contributed by atoms with Crippen molar-refractivity contribution in [3.05, 3.63) is 59.7 Å². The highest BCUT2D eigenvalue weighted by molar-refractivity contribution is 5.87. The summed E-state index contributed by atoms with van der Waals surface area (Å²) < 4.78 is 20.2. The summed E-state index contributed by atoms with van der Waals surface area (Å²) in [6.45, 7) is 2.87. The first kappa shape index (κ1) is 25.5. The molecule has 0 radical (unpaired) electrons. The number of ether oxygens (including phenoxy) is 4. The summed E-state index contributed by atoms with van der Waals surface area (Å²) in [4.78, 5) is 23.8. The van der Waals surface area contributed by atoms with Crippen molar-refractivity contribution in [2.75, 3.05) is 27.4 Å². The number of esters is 2.